The zero-order chi connectivity index (χ0) is 18.2. The van der Waals surface area contributed by atoms with Gasteiger partial charge in [0.2, 0.25) is 0 Å². The first kappa shape index (κ1) is 16.9. The molecule has 130 valence electrons. The highest BCUT2D eigenvalue weighted by Gasteiger charge is 2.38. The summed E-state index contributed by atoms with van der Waals surface area (Å²) in [6.45, 7) is 0. The van der Waals surface area contributed by atoms with Crippen LogP contribution in [0.2, 0.25) is 0 Å². The molecular formula is C18H13F3O4. The molecule has 0 spiro atoms. The normalized spacial score (nSPS) is 11.6. The zero-order valence-corrected chi connectivity index (χ0v) is 13.3. The van der Waals surface area contributed by atoms with E-state index in [-0.39, 0.29) is 16.5 Å². The number of hydrogen-bond acceptors (Lipinski definition) is 4. The summed E-state index contributed by atoms with van der Waals surface area (Å²) in [7, 11) is 2.81. The van der Waals surface area contributed by atoms with Crippen LogP contribution in [0, 0.1) is 0 Å². The van der Waals surface area contributed by atoms with Gasteiger partial charge in [-0.25, -0.2) is 4.79 Å². The standard InChI is InChI=1S/C18H13F3O4/c1-23-11-5-3-10(4-6-11)15-16(18(19,20)21)13-8-7-12(24-2)9-14(13)25-17(15)22/h3-9H,1-2H3. The van der Waals surface area contributed by atoms with E-state index in [4.69, 9.17) is 13.9 Å². The van der Waals surface area contributed by atoms with Gasteiger partial charge in [-0.3, -0.25) is 0 Å². The number of rotatable bonds is 3. The summed E-state index contributed by atoms with van der Waals surface area (Å²) in [4.78, 5) is 12.3. The predicted octanol–water partition coefficient (Wildman–Crippen LogP) is 4.50. The molecule has 7 heteroatoms. The van der Waals surface area contributed by atoms with Crippen LogP contribution in [0.25, 0.3) is 22.1 Å². The van der Waals surface area contributed by atoms with Crippen LogP contribution in [0.5, 0.6) is 11.5 Å². The monoisotopic (exact) mass is 350 g/mol. The molecule has 0 radical (unpaired) electrons. The average molecular weight is 350 g/mol. The highest BCUT2D eigenvalue weighted by molar-refractivity contribution is 5.88. The Kier molecular flexibility index (Phi) is 4.16. The second kappa shape index (κ2) is 6.16. The van der Waals surface area contributed by atoms with E-state index in [9.17, 15) is 18.0 Å². The predicted molar refractivity (Wildman–Crippen MR) is 86.0 cm³/mol. The number of alkyl halides is 3. The second-order valence-corrected chi connectivity index (χ2v) is 5.23. The summed E-state index contributed by atoms with van der Waals surface area (Å²) in [6, 6.07) is 9.59. The zero-order valence-electron chi connectivity index (χ0n) is 13.3. The van der Waals surface area contributed by atoms with Crippen molar-refractivity contribution in [3.8, 4) is 22.6 Å². The Hall–Kier alpha value is -2.96. The van der Waals surface area contributed by atoms with Crippen LogP contribution in [-0.4, -0.2) is 14.2 Å². The van der Waals surface area contributed by atoms with Crippen LogP contribution in [0.15, 0.2) is 51.7 Å². The molecule has 25 heavy (non-hydrogen) atoms. The van der Waals surface area contributed by atoms with Gasteiger partial charge < -0.3 is 13.9 Å². The van der Waals surface area contributed by atoms with Crippen LogP contribution in [0.3, 0.4) is 0 Å². The van der Waals surface area contributed by atoms with E-state index in [0.29, 0.717) is 11.5 Å². The first-order chi connectivity index (χ1) is 11.8. The van der Waals surface area contributed by atoms with Crippen LogP contribution in [0.4, 0.5) is 13.2 Å². The molecule has 0 aliphatic carbocycles. The van der Waals surface area contributed by atoms with Crippen molar-refractivity contribution in [2.75, 3.05) is 14.2 Å². The Bertz CT molecular complexity index is 973. The Morgan fingerprint density at radius 1 is 0.920 bits per heavy atom. The molecule has 0 unspecified atom stereocenters. The second-order valence-electron chi connectivity index (χ2n) is 5.23. The van der Waals surface area contributed by atoms with Gasteiger partial charge in [0.05, 0.1) is 25.3 Å². The molecule has 0 aliphatic rings. The fourth-order valence-corrected chi connectivity index (χ4v) is 2.62. The molecular weight excluding hydrogens is 337 g/mol. The molecule has 0 N–H and O–H groups in total. The maximum Gasteiger partial charge on any atom is 0.417 e. The molecule has 0 saturated heterocycles. The van der Waals surface area contributed by atoms with Crippen LogP contribution in [-0.2, 0) is 6.18 Å². The van der Waals surface area contributed by atoms with Crippen molar-refractivity contribution in [1.29, 1.82) is 0 Å². The van der Waals surface area contributed by atoms with E-state index in [1.807, 2.05) is 0 Å². The number of hydrogen-bond donors (Lipinski definition) is 0. The van der Waals surface area contributed by atoms with Crippen molar-refractivity contribution in [2.24, 2.45) is 0 Å². The largest absolute Gasteiger partial charge is 0.497 e. The third kappa shape index (κ3) is 3.05. The summed E-state index contributed by atoms with van der Waals surface area (Å²) in [5, 5.41) is -0.210. The molecule has 2 aromatic carbocycles. The molecule has 0 atom stereocenters. The fraction of sp³-hybridized carbons (Fsp3) is 0.167. The average Bonchev–Trinajstić information content (AvgIpc) is 2.59. The number of benzene rings is 2. The van der Waals surface area contributed by atoms with Gasteiger partial charge >= 0.3 is 11.8 Å². The molecule has 3 rings (SSSR count). The van der Waals surface area contributed by atoms with Gasteiger partial charge in [-0.05, 0) is 29.8 Å². The van der Waals surface area contributed by atoms with Crippen molar-refractivity contribution < 1.29 is 27.1 Å². The molecule has 0 fully saturated rings. The van der Waals surface area contributed by atoms with Gasteiger partial charge in [0.1, 0.15) is 17.1 Å². The molecule has 1 heterocycles. The highest BCUT2D eigenvalue weighted by Crippen LogP contribution is 2.40. The first-order valence-electron chi connectivity index (χ1n) is 7.21. The lowest BCUT2D eigenvalue weighted by atomic mass is 9.98. The van der Waals surface area contributed by atoms with Crippen LogP contribution < -0.4 is 15.1 Å². The lowest BCUT2D eigenvalue weighted by molar-refractivity contribution is -0.136. The highest BCUT2D eigenvalue weighted by atomic mass is 19.4. The third-order valence-corrected chi connectivity index (χ3v) is 3.78. The SMILES string of the molecule is COc1ccc(-c2c(C(F)(F)F)c3ccc(OC)cc3oc2=O)cc1. The van der Waals surface area contributed by atoms with Crippen molar-refractivity contribution in [1.82, 2.24) is 0 Å². The molecule has 0 saturated carbocycles. The van der Waals surface area contributed by atoms with Crippen molar-refractivity contribution >= 4 is 11.0 Å². The van der Waals surface area contributed by atoms with E-state index < -0.39 is 22.9 Å². The van der Waals surface area contributed by atoms with E-state index in [1.54, 1.807) is 0 Å². The Morgan fingerprint density at radius 3 is 2.08 bits per heavy atom. The summed E-state index contributed by atoms with van der Waals surface area (Å²) in [5.74, 6) is 0.758. The number of halogens is 3. The minimum Gasteiger partial charge on any atom is -0.497 e. The van der Waals surface area contributed by atoms with E-state index >= 15 is 0 Å². The minimum atomic E-state index is -4.74. The summed E-state index contributed by atoms with van der Waals surface area (Å²) < 4.78 is 56.3. The van der Waals surface area contributed by atoms with Gasteiger partial charge in [0.25, 0.3) is 0 Å². The van der Waals surface area contributed by atoms with Crippen LogP contribution in [0.1, 0.15) is 5.56 Å². The van der Waals surface area contributed by atoms with Crippen LogP contribution >= 0.6 is 0 Å². The Morgan fingerprint density at radius 2 is 1.52 bits per heavy atom. The molecule has 1 aromatic heterocycles. The lowest BCUT2D eigenvalue weighted by Crippen LogP contribution is -2.16. The van der Waals surface area contributed by atoms with Gasteiger partial charge in [0, 0.05) is 11.5 Å². The van der Waals surface area contributed by atoms with E-state index in [2.05, 4.69) is 0 Å². The van der Waals surface area contributed by atoms with Gasteiger partial charge in [-0.15, -0.1) is 0 Å². The maximum atomic E-state index is 13.7. The molecule has 0 amide bonds. The van der Waals surface area contributed by atoms with Gasteiger partial charge in [-0.2, -0.15) is 13.2 Å². The fourth-order valence-electron chi connectivity index (χ4n) is 2.62. The Balaban J connectivity index is 2.37. The maximum absolute atomic E-state index is 13.7. The number of ether oxygens (including phenoxy) is 2. The summed E-state index contributed by atoms with van der Waals surface area (Å²) in [6.07, 6.45) is -4.74. The van der Waals surface area contributed by atoms with Crippen molar-refractivity contribution in [3.05, 3.63) is 58.4 Å². The summed E-state index contributed by atoms with van der Waals surface area (Å²) in [5.41, 5.74) is -2.73. The molecule has 0 aliphatic heterocycles. The number of methoxy groups -OCH3 is 2. The smallest absolute Gasteiger partial charge is 0.417 e. The quantitative estimate of drug-likeness (QED) is 0.653. The molecule has 0 bridgehead atoms. The molecule has 3 aromatic rings. The van der Waals surface area contributed by atoms with Crippen molar-refractivity contribution in [3.63, 3.8) is 0 Å². The Labute approximate surface area is 140 Å². The van der Waals surface area contributed by atoms with Crippen molar-refractivity contribution in [2.45, 2.75) is 6.18 Å². The van der Waals surface area contributed by atoms with E-state index in [1.165, 1.54) is 56.7 Å². The first-order valence-corrected chi connectivity index (χ1v) is 7.21. The van der Waals surface area contributed by atoms with Gasteiger partial charge in [-0.1, -0.05) is 12.1 Å². The molecule has 4 nitrogen and oxygen atoms in total. The lowest BCUT2D eigenvalue weighted by Gasteiger charge is -2.15. The third-order valence-electron chi connectivity index (χ3n) is 3.78. The number of fused-ring (bicyclic) bond motifs is 1. The topological polar surface area (TPSA) is 48.7 Å². The minimum absolute atomic E-state index is 0.0968. The van der Waals surface area contributed by atoms with E-state index in [0.717, 1.165) is 0 Å². The van der Waals surface area contributed by atoms with Gasteiger partial charge in [0.15, 0.2) is 0 Å². The summed E-state index contributed by atoms with van der Waals surface area (Å²) >= 11 is 0.